The van der Waals surface area contributed by atoms with Crippen LogP contribution in [0.2, 0.25) is 0 Å². The first-order valence-corrected chi connectivity index (χ1v) is 12.4. The number of aromatic nitrogens is 2. The van der Waals surface area contributed by atoms with Gasteiger partial charge in [0.2, 0.25) is 16.0 Å². The molecular weight excluding hydrogens is 469 g/mol. The van der Waals surface area contributed by atoms with Crippen LogP contribution in [-0.2, 0) is 19.5 Å². The number of hydrogen-bond donors (Lipinski definition) is 2. The molecule has 0 aliphatic carbocycles. The van der Waals surface area contributed by atoms with Crippen LogP contribution in [0, 0.1) is 5.82 Å². The molecule has 0 spiro atoms. The van der Waals surface area contributed by atoms with E-state index in [1.165, 1.54) is 21.9 Å². The molecule has 3 heterocycles. The van der Waals surface area contributed by atoms with Crippen LogP contribution in [-0.4, -0.2) is 84.7 Å². The lowest BCUT2D eigenvalue weighted by Crippen LogP contribution is -2.54. The molecule has 0 saturated carbocycles. The maximum Gasteiger partial charge on any atom is 0.431 e. The molecular formula is C21H26FN5O6S. The summed E-state index contributed by atoms with van der Waals surface area (Å²) in [6, 6.07) is 6.04. The van der Waals surface area contributed by atoms with Gasteiger partial charge in [0.15, 0.2) is 0 Å². The average molecular weight is 496 g/mol. The van der Waals surface area contributed by atoms with Gasteiger partial charge in [-0.2, -0.15) is 4.31 Å². The summed E-state index contributed by atoms with van der Waals surface area (Å²) in [5.41, 5.74) is 1.68. The average Bonchev–Trinajstić information content (AvgIpc) is 2.85. The molecule has 0 radical (unpaired) electrons. The monoisotopic (exact) mass is 495 g/mol. The van der Waals surface area contributed by atoms with Crippen molar-refractivity contribution >= 4 is 22.1 Å². The fourth-order valence-corrected chi connectivity index (χ4v) is 6.02. The number of piperazine rings is 1. The van der Waals surface area contributed by atoms with Gasteiger partial charge in [0.05, 0.1) is 13.2 Å². The first-order valence-electron chi connectivity index (χ1n) is 10.8. The number of benzene rings is 1. The van der Waals surface area contributed by atoms with Crippen LogP contribution in [0.15, 0.2) is 36.7 Å². The largest absolute Gasteiger partial charge is 0.440 e. The maximum absolute atomic E-state index is 13.1. The number of anilines is 1. The number of carbonyl (C=O) groups excluding carboxylic acids is 1. The van der Waals surface area contributed by atoms with Gasteiger partial charge in [-0.05, 0) is 17.7 Å². The van der Waals surface area contributed by atoms with Gasteiger partial charge in [-0.15, -0.1) is 0 Å². The molecule has 0 atom stereocenters. The lowest BCUT2D eigenvalue weighted by atomic mass is 9.96. The molecule has 34 heavy (non-hydrogen) atoms. The second kappa shape index (κ2) is 10.2. The molecule has 2 fully saturated rings. The smallest absolute Gasteiger partial charge is 0.431 e. The van der Waals surface area contributed by atoms with E-state index in [-0.39, 0.29) is 50.7 Å². The Morgan fingerprint density at radius 2 is 1.71 bits per heavy atom. The fourth-order valence-electron chi connectivity index (χ4n) is 4.10. The summed E-state index contributed by atoms with van der Waals surface area (Å²) >= 11 is 0. The molecule has 1 aromatic carbocycles. The number of halogens is 1. The quantitative estimate of drug-likeness (QED) is 0.450. The zero-order chi connectivity index (χ0) is 24.2. The van der Waals surface area contributed by atoms with Crippen LogP contribution in [0.25, 0.3) is 11.1 Å². The topological polar surface area (TPSA) is 134 Å². The number of nitrogens with zero attached hydrogens (tertiary/aromatic N) is 4. The predicted octanol–water partition coefficient (Wildman–Crippen LogP) is 1.40. The van der Waals surface area contributed by atoms with Crippen molar-refractivity contribution in [3.63, 3.8) is 0 Å². The van der Waals surface area contributed by atoms with Gasteiger partial charge in [-0.1, -0.05) is 12.1 Å². The van der Waals surface area contributed by atoms with Crippen molar-refractivity contribution in [1.82, 2.24) is 19.8 Å². The van der Waals surface area contributed by atoms with Crippen molar-refractivity contribution in [2.45, 2.75) is 18.4 Å². The van der Waals surface area contributed by atoms with E-state index in [0.717, 1.165) is 11.1 Å². The Morgan fingerprint density at radius 1 is 1.09 bits per heavy atom. The zero-order valence-corrected chi connectivity index (χ0v) is 19.2. The van der Waals surface area contributed by atoms with Crippen LogP contribution in [0.4, 0.5) is 15.1 Å². The van der Waals surface area contributed by atoms with Gasteiger partial charge >= 0.3 is 6.09 Å². The summed E-state index contributed by atoms with van der Waals surface area (Å²) in [7, 11) is -3.75. The highest BCUT2D eigenvalue weighted by molar-refractivity contribution is 7.89. The summed E-state index contributed by atoms with van der Waals surface area (Å²) in [5, 5.41) is 8.81. The molecule has 1 aromatic heterocycles. The molecule has 0 unspecified atom stereocenters. The third-order valence-corrected chi connectivity index (χ3v) is 8.02. The number of hydrogen-bond acceptors (Lipinski definition) is 9. The first kappa shape index (κ1) is 24.3. The second-order valence-electron chi connectivity index (χ2n) is 8.22. The van der Waals surface area contributed by atoms with Gasteiger partial charge in [0.1, 0.15) is 17.2 Å². The number of carbonyl (C=O) groups is 1. The molecule has 2 N–H and O–H groups in total. The molecule has 2 aliphatic heterocycles. The van der Waals surface area contributed by atoms with Crippen LogP contribution < -0.4 is 10.4 Å². The number of hydroxylamine groups is 1. The van der Waals surface area contributed by atoms with E-state index in [0.29, 0.717) is 19.0 Å². The Hall–Kier alpha value is -2.87. The van der Waals surface area contributed by atoms with Crippen molar-refractivity contribution in [3.8, 4) is 11.1 Å². The lowest BCUT2D eigenvalue weighted by molar-refractivity contribution is -0.0662. The third kappa shape index (κ3) is 5.60. The van der Waals surface area contributed by atoms with Crippen molar-refractivity contribution in [2.75, 3.05) is 50.0 Å². The van der Waals surface area contributed by atoms with E-state index in [4.69, 9.17) is 14.7 Å². The minimum Gasteiger partial charge on any atom is -0.440 e. The predicted molar refractivity (Wildman–Crippen MR) is 119 cm³/mol. The Labute approximate surface area is 196 Å². The minimum absolute atomic E-state index is 0.216. The Kier molecular flexibility index (Phi) is 7.26. The van der Waals surface area contributed by atoms with E-state index in [1.807, 2.05) is 4.90 Å². The van der Waals surface area contributed by atoms with Gasteiger partial charge in [0.25, 0.3) is 0 Å². The fraction of sp³-hybridized carbons (Fsp3) is 0.476. The van der Waals surface area contributed by atoms with Crippen LogP contribution in [0.5, 0.6) is 0 Å². The molecule has 2 aromatic rings. The van der Waals surface area contributed by atoms with Gasteiger partial charge in [-0.25, -0.2) is 33.1 Å². The minimum atomic E-state index is -3.75. The normalized spacial score (nSPS) is 18.9. The molecule has 0 bridgehead atoms. The number of sulfonamides is 1. The van der Waals surface area contributed by atoms with Crippen LogP contribution in [0.3, 0.4) is 0 Å². The first-order chi connectivity index (χ1) is 16.3. The number of ether oxygens (including phenoxy) is 2. The molecule has 11 nitrogen and oxygen atoms in total. The van der Waals surface area contributed by atoms with Gasteiger partial charge < -0.3 is 14.4 Å². The van der Waals surface area contributed by atoms with E-state index < -0.39 is 21.7 Å². The summed E-state index contributed by atoms with van der Waals surface area (Å²) < 4.78 is 51.3. The van der Waals surface area contributed by atoms with Crippen molar-refractivity contribution in [2.24, 2.45) is 0 Å². The highest BCUT2D eigenvalue weighted by atomic mass is 32.2. The maximum atomic E-state index is 13.1. The van der Waals surface area contributed by atoms with E-state index in [2.05, 4.69) is 9.97 Å². The highest BCUT2D eigenvalue weighted by Crippen LogP contribution is 2.29. The molecule has 13 heteroatoms. The summed E-state index contributed by atoms with van der Waals surface area (Å²) in [5.74, 6) is -0.230. The summed E-state index contributed by atoms with van der Waals surface area (Å²) in [6.07, 6.45) is 2.64. The molecule has 184 valence electrons. The molecule has 1 amide bonds. The number of rotatable bonds is 6. The summed E-state index contributed by atoms with van der Waals surface area (Å²) in [4.78, 5) is 22.3. The third-order valence-electron chi connectivity index (χ3n) is 5.98. The Bertz CT molecular complexity index is 1090. The standard InChI is InChI=1S/C21H26FN5O6S/c22-18-3-1-16(2-4-18)17-13-23-19(24-14-17)26-7-9-27(10-8-26)34(30,31)15-21(33-20(28)25-29)5-11-32-12-6-21/h1-4,13-14,29H,5-12,15H2,(H,25,28). The van der Waals surface area contributed by atoms with E-state index >= 15 is 0 Å². The van der Waals surface area contributed by atoms with E-state index in [1.54, 1.807) is 24.5 Å². The Balaban J connectivity index is 1.38. The number of amides is 1. The SMILES string of the molecule is O=C(NO)OC1(CS(=O)(=O)N2CCN(c3ncc(-c4ccc(F)cc4)cn3)CC2)CCOCC1. The van der Waals surface area contributed by atoms with Crippen molar-refractivity contribution in [1.29, 1.82) is 0 Å². The lowest BCUT2D eigenvalue weighted by Gasteiger charge is -2.39. The van der Waals surface area contributed by atoms with Crippen molar-refractivity contribution < 1.29 is 32.3 Å². The second-order valence-corrected chi connectivity index (χ2v) is 10.2. The van der Waals surface area contributed by atoms with Crippen LogP contribution in [0.1, 0.15) is 12.8 Å². The van der Waals surface area contributed by atoms with Gasteiger partial charge in [-0.3, -0.25) is 5.21 Å². The van der Waals surface area contributed by atoms with Crippen molar-refractivity contribution in [3.05, 3.63) is 42.5 Å². The summed E-state index contributed by atoms with van der Waals surface area (Å²) in [6.45, 7) is 1.75. The number of nitrogens with one attached hydrogen (secondary N) is 1. The van der Waals surface area contributed by atoms with Gasteiger partial charge in [0, 0.05) is 57.0 Å². The molecule has 2 aliphatic rings. The highest BCUT2D eigenvalue weighted by Gasteiger charge is 2.43. The Morgan fingerprint density at radius 3 is 2.29 bits per heavy atom. The molecule has 2 saturated heterocycles. The van der Waals surface area contributed by atoms with E-state index in [9.17, 15) is 17.6 Å². The molecule has 4 rings (SSSR count). The zero-order valence-electron chi connectivity index (χ0n) is 18.4. The van der Waals surface area contributed by atoms with Crippen LogP contribution >= 0.6 is 0 Å².